The fraction of sp³-hybridized carbons (Fsp3) is 0.733. The highest BCUT2D eigenvalue weighted by molar-refractivity contribution is 7.09. The van der Waals surface area contributed by atoms with Gasteiger partial charge in [0.2, 0.25) is 0 Å². The molecule has 2 rings (SSSR count). The Hall–Kier alpha value is -1.31. The molecule has 8 heteroatoms. The first-order valence-electron chi connectivity index (χ1n) is 7.76. The summed E-state index contributed by atoms with van der Waals surface area (Å²) in [6.45, 7) is 6.89. The number of rotatable bonds is 3. The highest BCUT2D eigenvalue weighted by atomic mass is 32.1. The molecule has 0 saturated carbocycles. The van der Waals surface area contributed by atoms with Crippen LogP contribution in [0, 0.1) is 11.8 Å². The summed E-state index contributed by atoms with van der Waals surface area (Å²) in [5.41, 5.74) is -0.805. The first kappa shape index (κ1) is 18.0. The van der Waals surface area contributed by atoms with E-state index < -0.39 is 11.9 Å². The molecule has 0 amide bonds. The van der Waals surface area contributed by atoms with Crippen LogP contribution in [0.4, 0.5) is 13.2 Å². The normalized spacial score (nSPS) is 23.2. The van der Waals surface area contributed by atoms with E-state index in [4.69, 9.17) is 0 Å². The molecule has 1 aromatic heterocycles. The fourth-order valence-corrected chi connectivity index (χ4v) is 3.81. The topological polar surface area (TPSA) is 40.5 Å². The smallest absolute Gasteiger partial charge is 0.356 e. The maximum absolute atomic E-state index is 12.5. The molecule has 130 valence electrons. The zero-order chi connectivity index (χ0) is 17.0. The van der Waals surface area contributed by atoms with Gasteiger partial charge in [0, 0.05) is 38.5 Å². The van der Waals surface area contributed by atoms with Gasteiger partial charge in [-0.2, -0.15) is 13.2 Å². The summed E-state index contributed by atoms with van der Waals surface area (Å²) in [6, 6.07) is 0. The number of piperidine rings is 1. The number of halogens is 3. The number of aliphatic imine (C=N–C) groups is 1. The predicted octanol–water partition coefficient (Wildman–Crippen LogP) is 3.26. The van der Waals surface area contributed by atoms with Gasteiger partial charge in [-0.1, -0.05) is 13.8 Å². The van der Waals surface area contributed by atoms with Crippen LogP contribution in [0.25, 0.3) is 0 Å². The van der Waals surface area contributed by atoms with E-state index in [9.17, 15) is 13.2 Å². The minimum absolute atomic E-state index is 0.457. The average Bonchev–Trinajstić information content (AvgIpc) is 2.91. The van der Waals surface area contributed by atoms with Gasteiger partial charge in [-0.3, -0.25) is 4.99 Å². The van der Waals surface area contributed by atoms with Gasteiger partial charge in [0.05, 0.1) is 5.01 Å². The van der Waals surface area contributed by atoms with Gasteiger partial charge in [0.25, 0.3) is 0 Å². The standard InChI is InChI=1S/C15H23F3N4S/c1-10-6-11(2)8-22(7-10)14(19-3)20-5-4-13-21-12(9-23-13)15(16,17)18/h9-11H,4-8H2,1-3H3,(H,19,20). The summed E-state index contributed by atoms with van der Waals surface area (Å²) >= 11 is 1.05. The number of alkyl halides is 3. The second kappa shape index (κ2) is 7.51. The highest BCUT2D eigenvalue weighted by Gasteiger charge is 2.33. The van der Waals surface area contributed by atoms with Crippen molar-refractivity contribution in [2.45, 2.75) is 32.9 Å². The molecule has 1 fully saturated rings. The number of hydrogen-bond donors (Lipinski definition) is 1. The van der Waals surface area contributed by atoms with Gasteiger partial charge in [0.15, 0.2) is 11.7 Å². The molecule has 1 N–H and O–H groups in total. The predicted molar refractivity (Wildman–Crippen MR) is 86.7 cm³/mol. The van der Waals surface area contributed by atoms with Crippen LogP contribution in [-0.2, 0) is 12.6 Å². The summed E-state index contributed by atoms with van der Waals surface area (Å²) in [5.74, 6) is 2.05. The second-order valence-corrected chi connectivity index (χ2v) is 7.14. The lowest BCUT2D eigenvalue weighted by Crippen LogP contribution is -2.48. The van der Waals surface area contributed by atoms with Gasteiger partial charge in [0.1, 0.15) is 0 Å². The Kier molecular flexibility index (Phi) is 5.89. The lowest BCUT2D eigenvalue weighted by atomic mass is 9.92. The Balaban J connectivity index is 1.85. The Morgan fingerprint density at radius 3 is 2.57 bits per heavy atom. The molecule has 1 aromatic rings. The van der Waals surface area contributed by atoms with Crippen molar-refractivity contribution in [2.75, 3.05) is 26.7 Å². The summed E-state index contributed by atoms with van der Waals surface area (Å²) in [6.07, 6.45) is -2.69. The van der Waals surface area contributed by atoms with E-state index in [1.165, 1.54) is 6.42 Å². The van der Waals surface area contributed by atoms with E-state index in [1.54, 1.807) is 7.05 Å². The molecule has 4 nitrogen and oxygen atoms in total. The van der Waals surface area contributed by atoms with E-state index in [-0.39, 0.29) is 0 Å². The SMILES string of the molecule is CN=C(NCCc1nc(C(F)(F)F)cs1)N1CC(C)CC(C)C1. The van der Waals surface area contributed by atoms with E-state index >= 15 is 0 Å². The quantitative estimate of drug-likeness (QED) is 0.673. The minimum atomic E-state index is -4.36. The number of guanidine groups is 1. The maximum Gasteiger partial charge on any atom is 0.434 e. The molecule has 23 heavy (non-hydrogen) atoms. The zero-order valence-corrected chi connectivity index (χ0v) is 14.5. The summed E-state index contributed by atoms with van der Waals surface area (Å²) in [5, 5.41) is 4.79. The van der Waals surface area contributed by atoms with Crippen molar-refractivity contribution in [3.05, 3.63) is 16.1 Å². The molecule has 0 aliphatic carbocycles. The molecule has 2 atom stereocenters. The summed E-state index contributed by atoms with van der Waals surface area (Å²) in [7, 11) is 1.73. The van der Waals surface area contributed by atoms with Gasteiger partial charge in [-0.05, 0) is 18.3 Å². The van der Waals surface area contributed by atoms with Crippen LogP contribution in [-0.4, -0.2) is 42.5 Å². The first-order chi connectivity index (χ1) is 10.8. The number of likely N-dealkylation sites (tertiary alicyclic amines) is 1. The van der Waals surface area contributed by atoms with Crippen LogP contribution >= 0.6 is 11.3 Å². The van der Waals surface area contributed by atoms with Gasteiger partial charge in [-0.25, -0.2) is 4.98 Å². The van der Waals surface area contributed by atoms with Crippen LogP contribution < -0.4 is 5.32 Å². The first-order valence-corrected chi connectivity index (χ1v) is 8.64. The molecule has 1 aliphatic rings. The third-order valence-electron chi connectivity index (χ3n) is 3.84. The molecular weight excluding hydrogens is 325 g/mol. The zero-order valence-electron chi connectivity index (χ0n) is 13.7. The van der Waals surface area contributed by atoms with E-state index in [0.29, 0.717) is 29.8 Å². The molecular formula is C15H23F3N4S. The van der Waals surface area contributed by atoms with Crippen LogP contribution in [0.2, 0.25) is 0 Å². The van der Waals surface area contributed by atoms with Gasteiger partial charge in [-0.15, -0.1) is 11.3 Å². The van der Waals surface area contributed by atoms with Gasteiger partial charge >= 0.3 is 6.18 Å². The van der Waals surface area contributed by atoms with Crippen molar-refractivity contribution >= 4 is 17.3 Å². The van der Waals surface area contributed by atoms with Crippen LogP contribution in [0.5, 0.6) is 0 Å². The third kappa shape index (κ3) is 5.09. The van der Waals surface area contributed by atoms with E-state index in [0.717, 1.165) is 35.8 Å². The van der Waals surface area contributed by atoms with Crippen molar-refractivity contribution in [1.82, 2.24) is 15.2 Å². The van der Waals surface area contributed by atoms with E-state index in [2.05, 4.69) is 34.0 Å². The van der Waals surface area contributed by atoms with Crippen LogP contribution in [0.15, 0.2) is 10.4 Å². The lowest BCUT2D eigenvalue weighted by molar-refractivity contribution is -0.140. The lowest BCUT2D eigenvalue weighted by Gasteiger charge is -2.37. The Morgan fingerprint density at radius 2 is 2.04 bits per heavy atom. The molecule has 2 unspecified atom stereocenters. The molecule has 2 heterocycles. The third-order valence-corrected chi connectivity index (χ3v) is 4.75. The van der Waals surface area contributed by atoms with Crippen molar-refractivity contribution in [1.29, 1.82) is 0 Å². The highest BCUT2D eigenvalue weighted by Crippen LogP contribution is 2.30. The van der Waals surface area contributed by atoms with E-state index in [1.807, 2.05) is 0 Å². The average molecular weight is 348 g/mol. The number of nitrogens with zero attached hydrogens (tertiary/aromatic N) is 3. The molecule has 1 aliphatic heterocycles. The van der Waals surface area contributed by atoms with Crippen molar-refractivity contribution in [3.63, 3.8) is 0 Å². The largest absolute Gasteiger partial charge is 0.434 e. The van der Waals surface area contributed by atoms with Crippen molar-refractivity contribution in [3.8, 4) is 0 Å². The van der Waals surface area contributed by atoms with Crippen molar-refractivity contribution in [2.24, 2.45) is 16.8 Å². The summed E-state index contributed by atoms with van der Waals surface area (Å²) in [4.78, 5) is 10.2. The Bertz CT molecular complexity index is 531. The Morgan fingerprint density at radius 1 is 1.39 bits per heavy atom. The second-order valence-electron chi connectivity index (χ2n) is 6.20. The fourth-order valence-electron chi connectivity index (χ4n) is 3.01. The molecule has 0 aromatic carbocycles. The summed E-state index contributed by atoms with van der Waals surface area (Å²) < 4.78 is 37.6. The number of aromatic nitrogens is 1. The molecule has 1 saturated heterocycles. The Labute approximate surface area is 138 Å². The molecule has 0 radical (unpaired) electrons. The van der Waals surface area contributed by atoms with Gasteiger partial charge < -0.3 is 10.2 Å². The number of hydrogen-bond acceptors (Lipinski definition) is 3. The number of nitrogens with one attached hydrogen (secondary N) is 1. The maximum atomic E-state index is 12.5. The van der Waals surface area contributed by atoms with Crippen molar-refractivity contribution < 1.29 is 13.2 Å². The van der Waals surface area contributed by atoms with Crippen LogP contribution in [0.1, 0.15) is 31.0 Å². The number of thiazole rings is 1. The van der Waals surface area contributed by atoms with Crippen LogP contribution in [0.3, 0.4) is 0 Å². The molecule has 0 spiro atoms. The monoisotopic (exact) mass is 348 g/mol. The molecule has 0 bridgehead atoms. The minimum Gasteiger partial charge on any atom is -0.356 e.